The molecule has 3 aromatic rings. The lowest BCUT2D eigenvalue weighted by Gasteiger charge is -2.13. The van der Waals surface area contributed by atoms with Gasteiger partial charge in [-0.1, -0.05) is 12.1 Å². The third-order valence-electron chi connectivity index (χ3n) is 3.82. The van der Waals surface area contributed by atoms with Crippen molar-refractivity contribution in [3.8, 4) is 17.0 Å². The molecule has 8 heteroatoms. The predicted octanol–water partition coefficient (Wildman–Crippen LogP) is 4.77. The van der Waals surface area contributed by atoms with Gasteiger partial charge in [0.1, 0.15) is 0 Å². The lowest BCUT2D eigenvalue weighted by atomic mass is 10.0. The number of fused-ring (bicyclic) bond motifs is 1. The summed E-state index contributed by atoms with van der Waals surface area (Å²) in [4.78, 5) is 15.5. The van der Waals surface area contributed by atoms with Gasteiger partial charge < -0.3 is 9.84 Å². The van der Waals surface area contributed by atoms with Gasteiger partial charge in [0, 0.05) is 10.9 Å². The molecule has 3 rings (SSSR count). The molecule has 0 atom stereocenters. The number of alkyl halides is 3. The number of carbonyl (C=O) groups is 1. The zero-order chi connectivity index (χ0) is 19.1. The van der Waals surface area contributed by atoms with Crippen LogP contribution in [0.3, 0.4) is 0 Å². The van der Waals surface area contributed by atoms with Crippen molar-refractivity contribution in [3.63, 3.8) is 0 Å². The highest BCUT2D eigenvalue weighted by Crippen LogP contribution is 2.36. The largest absolute Gasteiger partial charge is 0.494 e. The Balaban J connectivity index is 2.34. The highest BCUT2D eigenvalue weighted by molar-refractivity contribution is 6.04. The van der Waals surface area contributed by atoms with Crippen LogP contribution in [0, 0.1) is 5.82 Å². The molecule has 26 heavy (non-hydrogen) atoms. The molecule has 0 fully saturated rings. The number of aromatic nitrogens is 1. The Morgan fingerprint density at radius 2 is 1.88 bits per heavy atom. The number of pyridine rings is 1. The van der Waals surface area contributed by atoms with E-state index in [4.69, 9.17) is 4.74 Å². The number of para-hydroxylation sites is 1. The second-order valence-corrected chi connectivity index (χ2v) is 5.41. The maximum absolute atomic E-state index is 13.9. The topological polar surface area (TPSA) is 59.4 Å². The normalized spacial score (nSPS) is 11.6. The number of carboxylic acids is 1. The van der Waals surface area contributed by atoms with E-state index >= 15 is 0 Å². The molecule has 0 saturated heterocycles. The number of carboxylic acid groups (broad SMARTS) is 1. The molecule has 0 bridgehead atoms. The van der Waals surface area contributed by atoms with E-state index < -0.39 is 29.0 Å². The zero-order valence-corrected chi connectivity index (χ0v) is 13.3. The SMILES string of the molecule is COc1ccc(-c2cc(C(=O)O)c3cccc(C(F)(F)F)c3n2)cc1F. The summed E-state index contributed by atoms with van der Waals surface area (Å²) >= 11 is 0. The van der Waals surface area contributed by atoms with Crippen LogP contribution < -0.4 is 4.74 Å². The third-order valence-corrected chi connectivity index (χ3v) is 3.82. The minimum absolute atomic E-state index is 0.0519. The maximum atomic E-state index is 13.9. The molecule has 0 unspecified atom stereocenters. The van der Waals surface area contributed by atoms with Crippen LogP contribution in [-0.2, 0) is 6.18 Å². The fourth-order valence-corrected chi connectivity index (χ4v) is 2.63. The van der Waals surface area contributed by atoms with E-state index in [9.17, 15) is 27.5 Å². The van der Waals surface area contributed by atoms with Crippen molar-refractivity contribution in [2.45, 2.75) is 6.18 Å². The summed E-state index contributed by atoms with van der Waals surface area (Å²) in [5.74, 6) is -2.20. The smallest absolute Gasteiger partial charge is 0.418 e. The molecule has 0 saturated carbocycles. The van der Waals surface area contributed by atoms with Gasteiger partial charge in [-0.15, -0.1) is 0 Å². The molecule has 0 aliphatic heterocycles. The number of rotatable bonds is 3. The molecule has 0 spiro atoms. The van der Waals surface area contributed by atoms with Crippen molar-refractivity contribution in [1.82, 2.24) is 4.98 Å². The van der Waals surface area contributed by atoms with Crippen LogP contribution in [0.1, 0.15) is 15.9 Å². The lowest BCUT2D eigenvalue weighted by molar-refractivity contribution is -0.136. The van der Waals surface area contributed by atoms with Crippen LogP contribution >= 0.6 is 0 Å². The van der Waals surface area contributed by atoms with Gasteiger partial charge >= 0.3 is 12.1 Å². The Kier molecular flexibility index (Phi) is 4.27. The molecule has 4 nitrogen and oxygen atoms in total. The Morgan fingerprint density at radius 1 is 1.15 bits per heavy atom. The number of ether oxygens (including phenoxy) is 1. The summed E-state index contributed by atoms with van der Waals surface area (Å²) < 4.78 is 58.6. The van der Waals surface area contributed by atoms with Gasteiger partial charge in [0.15, 0.2) is 11.6 Å². The highest BCUT2D eigenvalue weighted by atomic mass is 19.4. The molecule has 134 valence electrons. The second kappa shape index (κ2) is 6.29. The average Bonchev–Trinajstić information content (AvgIpc) is 2.59. The Bertz CT molecular complexity index is 1020. The number of hydrogen-bond donors (Lipinski definition) is 1. The number of methoxy groups -OCH3 is 1. The average molecular weight is 365 g/mol. The fourth-order valence-electron chi connectivity index (χ4n) is 2.63. The maximum Gasteiger partial charge on any atom is 0.418 e. The summed E-state index contributed by atoms with van der Waals surface area (Å²) in [5, 5.41) is 9.23. The summed E-state index contributed by atoms with van der Waals surface area (Å²) in [6.07, 6.45) is -4.72. The van der Waals surface area contributed by atoms with E-state index in [1.807, 2.05) is 0 Å². The summed E-state index contributed by atoms with van der Waals surface area (Å²) in [6, 6.07) is 8.00. The van der Waals surface area contributed by atoms with Crippen molar-refractivity contribution in [2.24, 2.45) is 0 Å². The summed E-state index contributed by atoms with van der Waals surface area (Å²) in [5.41, 5.74) is -1.88. The van der Waals surface area contributed by atoms with Gasteiger partial charge in [-0.05, 0) is 30.3 Å². The molecule has 2 aromatic carbocycles. The first-order chi connectivity index (χ1) is 12.2. The van der Waals surface area contributed by atoms with E-state index in [1.54, 1.807) is 0 Å². The number of aromatic carboxylic acids is 1. The molecule has 1 aromatic heterocycles. The lowest BCUT2D eigenvalue weighted by Crippen LogP contribution is -2.09. The van der Waals surface area contributed by atoms with Crippen molar-refractivity contribution in [2.75, 3.05) is 7.11 Å². The minimum Gasteiger partial charge on any atom is -0.494 e. The first-order valence-corrected chi connectivity index (χ1v) is 7.30. The molecular formula is C18H11F4NO3. The molecular weight excluding hydrogens is 354 g/mol. The van der Waals surface area contributed by atoms with Gasteiger partial charge in [-0.2, -0.15) is 13.2 Å². The van der Waals surface area contributed by atoms with Crippen LogP contribution in [0.15, 0.2) is 42.5 Å². The van der Waals surface area contributed by atoms with Gasteiger partial charge in [-0.25, -0.2) is 14.2 Å². The predicted molar refractivity (Wildman–Crippen MR) is 85.7 cm³/mol. The van der Waals surface area contributed by atoms with Crippen LogP contribution in [0.25, 0.3) is 22.2 Å². The fraction of sp³-hybridized carbons (Fsp3) is 0.111. The monoisotopic (exact) mass is 365 g/mol. The van der Waals surface area contributed by atoms with Crippen molar-refractivity contribution >= 4 is 16.9 Å². The van der Waals surface area contributed by atoms with Gasteiger partial charge in [0.25, 0.3) is 0 Å². The third kappa shape index (κ3) is 3.05. The zero-order valence-electron chi connectivity index (χ0n) is 13.3. The Morgan fingerprint density at radius 3 is 2.46 bits per heavy atom. The quantitative estimate of drug-likeness (QED) is 0.680. The Labute approximate surface area is 144 Å². The van der Waals surface area contributed by atoms with E-state index in [0.717, 1.165) is 24.3 Å². The van der Waals surface area contributed by atoms with Crippen molar-refractivity contribution in [3.05, 3.63) is 59.4 Å². The number of hydrogen-bond acceptors (Lipinski definition) is 3. The van der Waals surface area contributed by atoms with Crippen LogP contribution in [-0.4, -0.2) is 23.2 Å². The standard InChI is InChI=1S/C18H11F4NO3/c1-26-15-6-5-9(7-13(15)19)14-8-11(17(24)25)10-3-2-4-12(16(10)23-14)18(20,21)22/h2-8H,1H3,(H,24,25). The Hall–Kier alpha value is -3.16. The van der Waals surface area contributed by atoms with Gasteiger partial charge in [0.2, 0.25) is 0 Å². The number of halogens is 4. The summed E-state index contributed by atoms with van der Waals surface area (Å²) in [7, 11) is 1.27. The van der Waals surface area contributed by atoms with Gasteiger partial charge in [0.05, 0.1) is 29.4 Å². The molecule has 1 N–H and O–H groups in total. The molecule has 0 aliphatic rings. The highest BCUT2D eigenvalue weighted by Gasteiger charge is 2.34. The van der Waals surface area contributed by atoms with Crippen molar-refractivity contribution < 1.29 is 32.2 Å². The molecule has 0 radical (unpaired) electrons. The second-order valence-electron chi connectivity index (χ2n) is 5.41. The first-order valence-electron chi connectivity index (χ1n) is 7.30. The van der Waals surface area contributed by atoms with E-state index in [-0.39, 0.29) is 28.0 Å². The minimum atomic E-state index is -4.72. The first kappa shape index (κ1) is 17.7. The summed E-state index contributed by atoms with van der Waals surface area (Å²) in [6.45, 7) is 0. The molecule has 1 heterocycles. The number of nitrogens with zero attached hydrogens (tertiary/aromatic N) is 1. The van der Waals surface area contributed by atoms with Crippen LogP contribution in [0.4, 0.5) is 17.6 Å². The van der Waals surface area contributed by atoms with Gasteiger partial charge in [-0.3, -0.25) is 0 Å². The van der Waals surface area contributed by atoms with E-state index in [2.05, 4.69) is 4.98 Å². The number of benzene rings is 2. The van der Waals surface area contributed by atoms with E-state index in [1.165, 1.54) is 25.3 Å². The van der Waals surface area contributed by atoms with Crippen LogP contribution in [0.5, 0.6) is 5.75 Å². The molecule has 0 aliphatic carbocycles. The molecule has 0 amide bonds. The van der Waals surface area contributed by atoms with Crippen molar-refractivity contribution in [1.29, 1.82) is 0 Å². The van der Waals surface area contributed by atoms with E-state index in [0.29, 0.717) is 0 Å². The van der Waals surface area contributed by atoms with Crippen LogP contribution in [0.2, 0.25) is 0 Å².